The van der Waals surface area contributed by atoms with Crippen LogP contribution in [0.2, 0.25) is 0 Å². The van der Waals surface area contributed by atoms with E-state index in [1.165, 1.54) is 6.92 Å². The zero-order valence-electron chi connectivity index (χ0n) is 18.3. The number of aliphatic hydroxyl groups is 1. The Labute approximate surface area is 187 Å². The average molecular weight is 443 g/mol. The van der Waals surface area contributed by atoms with Gasteiger partial charge in [-0.05, 0) is 36.5 Å². The molecular weight excluding hydrogens is 412 g/mol. The molecule has 8 nitrogen and oxygen atoms in total. The Hall–Kier alpha value is -2.68. The van der Waals surface area contributed by atoms with Gasteiger partial charge in [-0.2, -0.15) is 0 Å². The highest BCUT2D eigenvalue weighted by Crippen LogP contribution is 2.36. The van der Waals surface area contributed by atoms with Gasteiger partial charge < -0.3 is 24.6 Å². The highest BCUT2D eigenvalue weighted by molar-refractivity contribution is 5.95. The highest BCUT2D eigenvalue weighted by Gasteiger charge is 2.31. The molecule has 1 aromatic carbocycles. The third-order valence-electron chi connectivity index (χ3n) is 5.78. The molecule has 2 N–H and O–H groups in total. The van der Waals surface area contributed by atoms with Crippen molar-refractivity contribution in [2.75, 3.05) is 33.0 Å². The van der Waals surface area contributed by atoms with Gasteiger partial charge in [0, 0.05) is 37.4 Å². The summed E-state index contributed by atoms with van der Waals surface area (Å²) in [6.07, 6.45) is 5.85. The number of aliphatic hydroxyl groups excluding tert-OH is 1. The predicted molar refractivity (Wildman–Crippen MR) is 118 cm³/mol. The van der Waals surface area contributed by atoms with Crippen molar-refractivity contribution in [3.05, 3.63) is 47.9 Å². The van der Waals surface area contributed by atoms with E-state index < -0.39 is 6.29 Å². The molecule has 1 aliphatic carbocycles. The van der Waals surface area contributed by atoms with Crippen LogP contribution in [-0.4, -0.2) is 60.8 Å². The molecule has 1 aliphatic heterocycles. The number of allylic oxidation sites excluding steroid dienone is 1. The number of amides is 1. The summed E-state index contributed by atoms with van der Waals surface area (Å²) in [7, 11) is 0. The number of ether oxygens (including phenoxy) is 3. The van der Waals surface area contributed by atoms with Crippen LogP contribution in [0.1, 0.15) is 42.5 Å². The van der Waals surface area contributed by atoms with Gasteiger partial charge in [-0.1, -0.05) is 18.2 Å². The molecule has 1 amide bonds. The van der Waals surface area contributed by atoms with Crippen molar-refractivity contribution in [2.45, 2.75) is 38.4 Å². The first-order valence-corrected chi connectivity index (χ1v) is 11.1. The fraction of sp³-hybridized carbons (Fsp3) is 0.500. The minimum atomic E-state index is -0.621. The summed E-state index contributed by atoms with van der Waals surface area (Å²) in [5, 5.41) is 12.7. The number of para-hydroxylation sites is 1. The molecule has 2 aromatic rings. The quantitative estimate of drug-likeness (QED) is 0.549. The molecule has 32 heavy (non-hydrogen) atoms. The first-order chi connectivity index (χ1) is 15.6. The van der Waals surface area contributed by atoms with Crippen molar-refractivity contribution in [3.63, 3.8) is 0 Å². The highest BCUT2D eigenvalue weighted by atomic mass is 16.7. The molecule has 0 saturated heterocycles. The van der Waals surface area contributed by atoms with Gasteiger partial charge in [-0.3, -0.25) is 14.2 Å². The van der Waals surface area contributed by atoms with Crippen molar-refractivity contribution in [1.82, 2.24) is 9.88 Å². The number of fused-ring (bicyclic) bond motifs is 1. The Balaban J connectivity index is 1.57. The summed E-state index contributed by atoms with van der Waals surface area (Å²) in [6.45, 7) is 2.98. The molecule has 4 rings (SSSR count). The number of carbonyl (C=O) groups excluding carboxylic acids is 2. The van der Waals surface area contributed by atoms with Crippen LogP contribution >= 0.6 is 0 Å². The predicted octanol–water partition coefficient (Wildman–Crippen LogP) is 2.57. The molecule has 0 bridgehead atoms. The van der Waals surface area contributed by atoms with Crippen LogP contribution in [-0.2, 0) is 19.0 Å². The summed E-state index contributed by atoms with van der Waals surface area (Å²) < 4.78 is 18.6. The Kier molecular flexibility index (Phi) is 7.24. The number of carbonyl (C=O) groups is 2. The molecule has 0 spiro atoms. The van der Waals surface area contributed by atoms with E-state index in [1.54, 1.807) is 4.57 Å². The Morgan fingerprint density at radius 1 is 1.22 bits per heavy atom. The van der Waals surface area contributed by atoms with Crippen LogP contribution in [0.15, 0.2) is 42.3 Å². The molecule has 2 aliphatic rings. The maximum absolute atomic E-state index is 12.8. The summed E-state index contributed by atoms with van der Waals surface area (Å²) >= 11 is 0. The minimum Gasteiger partial charge on any atom is -0.459 e. The first-order valence-electron chi connectivity index (χ1n) is 11.1. The molecule has 1 aromatic heterocycles. The second-order valence-corrected chi connectivity index (χ2v) is 8.27. The lowest BCUT2D eigenvalue weighted by Crippen LogP contribution is -2.34. The van der Waals surface area contributed by atoms with Gasteiger partial charge in [0.2, 0.25) is 12.2 Å². The minimum absolute atomic E-state index is 0.0454. The number of benzene rings is 1. The van der Waals surface area contributed by atoms with E-state index in [4.69, 9.17) is 19.3 Å². The van der Waals surface area contributed by atoms with Crippen LogP contribution in [0, 0.1) is 5.92 Å². The molecule has 1 saturated carbocycles. The molecule has 172 valence electrons. The number of hydrogen-bond acceptors (Lipinski definition) is 6. The van der Waals surface area contributed by atoms with Crippen molar-refractivity contribution in [3.8, 4) is 0 Å². The molecular formula is C24H30N2O6. The van der Waals surface area contributed by atoms with Crippen LogP contribution < -0.4 is 5.32 Å². The fourth-order valence-corrected chi connectivity index (χ4v) is 3.95. The van der Waals surface area contributed by atoms with Crippen LogP contribution in [0.3, 0.4) is 0 Å². The smallest absolute Gasteiger partial charge is 0.286 e. The average Bonchev–Trinajstić information content (AvgIpc) is 3.55. The summed E-state index contributed by atoms with van der Waals surface area (Å²) in [5.41, 5.74) is 1.79. The van der Waals surface area contributed by atoms with Crippen molar-refractivity contribution >= 4 is 22.7 Å². The summed E-state index contributed by atoms with van der Waals surface area (Å²) in [4.78, 5) is 25.0. The molecule has 2 atom stereocenters. The van der Waals surface area contributed by atoms with Gasteiger partial charge in [0.25, 0.3) is 5.91 Å². The van der Waals surface area contributed by atoms with Crippen molar-refractivity contribution in [1.29, 1.82) is 0 Å². The van der Waals surface area contributed by atoms with Gasteiger partial charge >= 0.3 is 0 Å². The molecule has 0 radical (unpaired) electrons. The van der Waals surface area contributed by atoms with E-state index >= 15 is 0 Å². The Morgan fingerprint density at radius 2 is 2.03 bits per heavy atom. The van der Waals surface area contributed by atoms with Crippen LogP contribution in [0.5, 0.6) is 0 Å². The lowest BCUT2D eigenvalue weighted by Gasteiger charge is -2.29. The van der Waals surface area contributed by atoms with Gasteiger partial charge in [0.1, 0.15) is 0 Å². The van der Waals surface area contributed by atoms with E-state index in [1.807, 2.05) is 36.5 Å². The lowest BCUT2D eigenvalue weighted by atomic mass is 9.92. The van der Waals surface area contributed by atoms with E-state index in [0.717, 1.165) is 29.3 Å². The third kappa shape index (κ3) is 5.38. The number of nitrogens with one attached hydrogen (secondary N) is 1. The van der Waals surface area contributed by atoms with Gasteiger partial charge in [-0.15, -0.1) is 0 Å². The largest absolute Gasteiger partial charge is 0.459 e. The van der Waals surface area contributed by atoms with Crippen molar-refractivity contribution < 1.29 is 28.9 Å². The molecule has 0 unspecified atom stereocenters. The van der Waals surface area contributed by atoms with E-state index in [9.17, 15) is 9.59 Å². The normalized spacial score (nSPS) is 20.6. The lowest BCUT2D eigenvalue weighted by molar-refractivity contribution is -0.151. The van der Waals surface area contributed by atoms with Crippen molar-refractivity contribution in [2.24, 2.45) is 5.92 Å². The maximum Gasteiger partial charge on any atom is 0.286 e. The number of aromatic nitrogens is 1. The zero-order chi connectivity index (χ0) is 22.5. The SMILES string of the molecule is CC(=O)n1cc([C@@H]2C=C(C(=O)NCC3CC3)O[C@H](OCCOCCO)C2)c2ccccc21. The van der Waals surface area contributed by atoms with E-state index in [-0.39, 0.29) is 43.3 Å². The second-order valence-electron chi connectivity index (χ2n) is 8.27. The number of nitrogens with zero attached hydrogens (tertiary/aromatic N) is 1. The second kappa shape index (κ2) is 10.3. The maximum atomic E-state index is 12.8. The molecule has 2 heterocycles. The fourth-order valence-electron chi connectivity index (χ4n) is 3.95. The topological polar surface area (TPSA) is 99.0 Å². The van der Waals surface area contributed by atoms with Gasteiger partial charge in [0.15, 0.2) is 5.76 Å². The standard InChI is InChI=1S/C24H30N2O6/c1-16(28)26-15-20(19-4-2-3-5-21(19)26)18-12-22(24(29)25-14-17-6-7-17)32-23(13-18)31-11-10-30-9-8-27/h2-5,12,15,17-18,23,27H,6-11,13-14H2,1H3,(H,25,29)/t18-,23+/m1/s1. The van der Waals surface area contributed by atoms with Crippen LogP contribution in [0.4, 0.5) is 0 Å². The van der Waals surface area contributed by atoms with E-state index in [0.29, 0.717) is 25.5 Å². The van der Waals surface area contributed by atoms with Crippen LogP contribution in [0.25, 0.3) is 10.9 Å². The van der Waals surface area contributed by atoms with E-state index in [2.05, 4.69) is 5.32 Å². The Bertz CT molecular complexity index is 994. The zero-order valence-corrected chi connectivity index (χ0v) is 18.3. The van der Waals surface area contributed by atoms with Gasteiger partial charge in [-0.25, -0.2) is 0 Å². The molecule has 8 heteroatoms. The summed E-state index contributed by atoms with van der Waals surface area (Å²) in [5.74, 6) is 0.326. The number of rotatable bonds is 10. The third-order valence-corrected chi connectivity index (χ3v) is 5.78. The number of hydrogen-bond donors (Lipinski definition) is 2. The summed E-state index contributed by atoms with van der Waals surface area (Å²) in [6, 6.07) is 7.74. The Morgan fingerprint density at radius 3 is 2.78 bits per heavy atom. The monoisotopic (exact) mass is 442 g/mol. The molecule has 1 fully saturated rings. The van der Waals surface area contributed by atoms with Gasteiger partial charge in [0.05, 0.1) is 31.9 Å². The first kappa shape index (κ1) is 22.5.